The molecule has 0 spiro atoms. The summed E-state index contributed by atoms with van der Waals surface area (Å²) in [7, 11) is 0. The lowest BCUT2D eigenvalue weighted by molar-refractivity contribution is 0.465. The van der Waals surface area contributed by atoms with Gasteiger partial charge in [-0.25, -0.2) is 5.84 Å². The molecule has 0 aliphatic rings. The van der Waals surface area contributed by atoms with Crippen molar-refractivity contribution in [3.63, 3.8) is 0 Å². The van der Waals surface area contributed by atoms with Gasteiger partial charge in [-0.1, -0.05) is 32.6 Å². The van der Waals surface area contributed by atoms with Gasteiger partial charge in [0.1, 0.15) is 0 Å². The molecule has 0 unspecified atom stereocenters. The maximum absolute atomic E-state index is 5.96. The summed E-state index contributed by atoms with van der Waals surface area (Å²) in [5, 5.41) is 1.54. The normalized spacial score (nSPS) is 10.4. The Balaban J connectivity index is 3.07. The lowest BCUT2D eigenvalue weighted by Crippen LogP contribution is -2.29. The Labute approximate surface area is 103 Å². The zero-order valence-electron chi connectivity index (χ0n) is 10.6. The van der Waals surface area contributed by atoms with E-state index in [1.165, 1.54) is 5.56 Å². The molecule has 0 aromatic heterocycles. The van der Waals surface area contributed by atoms with Gasteiger partial charge in [-0.15, -0.1) is 6.58 Å². The molecule has 0 saturated carbocycles. The summed E-state index contributed by atoms with van der Waals surface area (Å²) in [6.07, 6.45) is 1.73. The summed E-state index contributed by atoms with van der Waals surface area (Å²) in [6, 6.07) is 5.98. The number of anilines is 1. The van der Waals surface area contributed by atoms with E-state index in [-0.39, 0.29) is 0 Å². The number of nitrogens with two attached hydrogens (primary N) is 2. The van der Waals surface area contributed by atoms with E-state index in [1.807, 2.05) is 18.2 Å². The number of nitrogen functional groups attached to an aromatic ring is 1. The molecule has 0 fully saturated rings. The Hall–Kier alpha value is -1.74. The topological polar surface area (TPSA) is 55.3 Å². The van der Waals surface area contributed by atoms with Crippen molar-refractivity contribution in [3.05, 3.63) is 48.6 Å². The molecule has 3 heteroatoms. The van der Waals surface area contributed by atoms with Crippen LogP contribution in [0.15, 0.2) is 37.4 Å². The number of hydrogen-bond acceptors (Lipinski definition) is 3. The van der Waals surface area contributed by atoms with Crippen molar-refractivity contribution < 1.29 is 0 Å². The highest BCUT2D eigenvalue weighted by atomic mass is 15.4. The van der Waals surface area contributed by atoms with Gasteiger partial charge in [0.15, 0.2) is 0 Å². The van der Waals surface area contributed by atoms with Gasteiger partial charge in [0.05, 0.1) is 12.2 Å². The number of hydrazine groups is 1. The second-order valence-electron chi connectivity index (χ2n) is 4.39. The molecule has 4 N–H and O–H groups in total. The highest BCUT2D eigenvalue weighted by Crippen LogP contribution is 2.26. The smallest absolute Gasteiger partial charge is 0.0542 e. The van der Waals surface area contributed by atoms with Crippen molar-refractivity contribution in [1.82, 2.24) is 5.01 Å². The Morgan fingerprint density at radius 2 is 2.12 bits per heavy atom. The predicted molar refractivity (Wildman–Crippen MR) is 75.1 cm³/mol. The number of benzene rings is 1. The highest BCUT2D eigenvalue weighted by Gasteiger charge is 2.10. The lowest BCUT2D eigenvalue weighted by Gasteiger charge is -2.21. The van der Waals surface area contributed by atoms with Crippen LogP contribution in [0.2, 0.25) is 0 Å². The molecule has 1 aromatic rings. The van der Waals surface area contributed by atoms with E-state index in [2.05, 4.69) is 27.0 Å². The SMILES string of the molecule is C=CCN(N)C(=C)c1cc(C(C)C)ccc1N. The molecule has 0 heterocycles. The molecule has 0 bridgehead atoms. The van der Waals surface area contributed by atoms with Crippen molar-refractivity contribution in [1.29, 1.82) is 0 Å². The van der Waals surface area contributed by atoms with Gasteiger partial charge in [0, 0.05) is 11.3 Å². The molecule has 0 amide bonds. The monoisotopic (exact) mass is 231 g/mol. The summed E-state index contributed by atoms with van der Waals surface area (Å²) >= 11 is 0. The summed E-state index contributed by atoms with van der Waals surface area (Å²) in [5.74, 6) is 6.31. The van der Waals surface area contributed by atoms with E-state index >= 15 is 0 Å². The average Bonchev–Trinajstić information content (AvgIpc) is 2.28. The minimum atomic E-state index is 0.452. The van der Waals surface area contributed by atoms with Crippen LogP contribution in [0.5, 0.6) is 0 Å². The van der Waals surface area contributed by atoms with Crippen LogP contribution >= 0.6 is 0 Å². The zero-order valence-corrected chi connectivity index (χ0v) is 10.6. The number of rotatable bonds is 5. The predicted octanol–water partition coefficient (Wildman–Crippen LogP) is 2.72. The van der Waals surface area contributed by atoms with Crippen molar-refractivity contribution in [2.45, 2.75) is 19.8 Å². The van der Waals surface area contributed by atoms with Gasteiger partial charge in [-0.3, -0.25) is 0 Å². The molecule has 0 aliphatic heterocycles. The van der Waals surface area contributed by atoms with Gasteiger partial charge in [0.2, 0.25) is 0 Å². The first kappa shape index (κ1) is 13.3. The van der Waals surface area contributed by atoms with Crippen LogP contribution in [0.4, 0.5) is 5.69 Å². The van der Waals surface area contributed by atoms with Gasteiger partial charge in [0.25, 0.3) is 0 Å². The van der Waals surface area contributed by atoms with Crippen LogP contribution in [0.1, 0.15) is 30.9 Å². The van der Waals surface area contributed by atoms with Crippen LogP contribution in [0.3, 0.4) is 0 Å². The first-order valence-electron chi connectivity index (χ1n) is 5.69. The molecule has 0 saturated heterocycles. The molecule has 17 heavy (non-hydrogen) atoms. The fourth-order valence-corrected chi connectivity index (χ4v) is 1.59. The fraction of sp³-hybridized carbons (Fsp3) is 0.286. The van der Waals surface area contributed by atoms with Crippen LogP contribution < -0.4 is 11.6 Å². The standard InChI is InChI=1S/C14H21N3/c1-5-8-17(16)11(4)13-9-12(10(2)3)6-7-14(13)15/h5-7,9-10H,1,4,8,15-16H2,2-3H3. The van der Waals surface area contributed by atoms with Crippen molar-refractivity contribution in [2.24, 2.45) is 5.84 Å². The van der Waals surface area contributed by atoms with Gasteiger partial charge in [-0.2, -0.15) is 0 Å². The average molecular weight is 231 g/mol. The Morgan fingerprint density at radius 3 is 2.65 bits per heavy atom. The molecule has 3 nitrogen and oxygen atoms in total. The van der Waals surface area contributed by atoms with Crippen LogP contribution in [-0.2, 0) is 0 Å². The van der Waals surface area contributed by atoms with Crippen molar-refractivity contribution in [2.75, 3.05) is 12.3 Å². The minimum Gasteiger partial charge on any atom is -0.398 e. The van der Waals surface area contributed by atoms with E-state index in [9.17, 15) is 0 Å². The van der Waals surface area contributed by atoms with Crippen LogP contribution in [0, 0.1) is 0 Å². The third kappa shape index (κ3) is 3.11. The molecule has 1 aromatic carbocycles. The zero-order chi connectivity index (χ0) is 13.0. The first-order valence-corrected chi connectivity index (χ1v) is 5.69. The molecule has 0 aliphatic carbocycles. The lowest BCUT2D eigenvalue weighted by atomic mass is 9.98. The maximum Gasteiger partial charge on any atom is 0.0542 e. The fourth-order valence-electron chi connectivity index (χ4n) is 1.59. The van der Waals surface area contributed by atoms with E-state index in [1.54, 1.807) is 11.1 Å². The third-order valence-electron chi connectivity index (χ3n) is 2.73. The second-order valence-corrected chi connectivity index (χ2v) is 4.39. The largest absolute Gasteiger partial charge is 0.398 e. The Kier molecular flexibility index (Phi) is 4.35. The summed E-state index contributed by atoms with van der Waals surface area (Å²) < 4.78 is 0. The van der Waals surface area contributed by atoms with Gasteiger partial charge >= 0.3 is 0 Å². The highest BCUT2D eigenvalue weighted by molar-refractivity contribution is 5.73. The van der Waals surface area contributed by atoms with Crippen molar-refractivity contribution >= 4 is 11.4 Å². The van der Waals surface area contributed by atoms with E-state index in [4.69, 9.17) is 11.6 Å². The maximum atomic E-state index is 5.96. The summed E-state index contributed by atoms with van der Waals surface area (Å²) in [4.78, 5) is 0. The summed E-state index contributed by atoms with van der Waals surface area (Å²) in [6.45, 7) is 12.5. The quantitative estimate of drug-likeness (QED) is 0.354. The van der Waals surface area contributed by atoms with Gasteiger partial charge in [-0.05, 0) is 23.6 Å². The molecule has 1 rings (SSSR count). The molecular formula is C14H21N3. The van der Waals surface area contributed by atoms with E-state index in [0.717, 1.165) is 5.56 Å². The number of nitrogens with zero attached hydrogens (tertiary/aromatic N) is 1. The van der Waals surface area contributed by atoms with E-state index in [0.29, 0.717) is 23.8 Å². The van der Waals surface area contributed by atoms with E-state index < -0.39 is 0 Å². The summed E-state index contributed by atoms with van der Waals surface area (Å²) in [5.41, 5.74) is 9.48. The molecule has 92 valence electrons. The van der Waals surface area contributed by atoms with Crippen LogP contribution in [-0.4, -0.2) is 11.6 Å². The molecular weight excluding hydrogens is 210 g/mol. The second kappa shape index (κ2) is 5.55. The molecule has 0 atom stereocenters. The number of hydrogen-bond donors (Lipinski definition) is 2. The van der Waals surface area contributed by atoms with Crippen molar-refractivity contribution in [3.8, 4) is 0 Å². The first-order chi connectivity index (χ1) is 7.97. The Bertz CT molecular complexity index is 421. The molecule has 0 radical (unpaired) electrons. The Morgan fingerprint density at radius 1 is 1.47 bits per heavy atom. The van der Waals surface area contributed by atoms with Gasteiger partial charge < -0.3 is 10.7 Å². The third-order valence-corrected chi connectivity index (χ3v) is 2.73. The minimum absolute atomic E-state index is 0.452. The van der Waals surface area contributed by atoms with Crippen LogP contribution in [0.25, 0.3) is 5.70 Å².